The number of nitrogens with two attached hydrogens (primary N) is 1. The van der Waals surface area contributed by atoms with E-state index in [1.807, 2.05) is 0 Å². The fourth-order valence-electron chi connectivity index (χ4n) is 2.47. The summed E-state index contributed by atoms with van der Waals surface area (Å²) in [5.41, 5.74) is 6.04. The van der Waals surface area contributed by atoms with Crippen LogP contribution in [0.5, 0.6) is 5.75 Å². The van der Waals surface area contributed by atoms with Crippen molar-refractivity contribution < 1.29 is 31.1 Å². The molecular weight excluding hydrogens is 401 g/mol. The fraction of sp³-hybridized carbons (Fsp3) is 0.562. The summed E-state index contributed by atoms with van der Waals surface area (Å²) in [4.78, 5) is 3.90. The van der Waals surface area contributed by atoms with E-state index < -0.39 is 16.4 Å². The lowest BCUT2D eigenvalue weighted by Crippen LogP contribution is -2.37. The van der Waals surface area contributed by atoms with Gasteiger partial charge in [0, 0.05) is 18.8 Å². The van der Waals surface area contributed by atoms with E-state index in [4.69, 9.17) is 10.5 Å². The van der Waals surface area contributed by atoms with Crippen molar-refractivity contribution >= 4 is 21.7 Å². The largest absolute Gasteiger partial charge is 0.573 e. The van der Waals surface area contributed by atoms with Gasteiger partial charge in [0.1, 0.15) is 5.75 Å². The fourth-order valence-corrected chi connectivity index (χ4v) is 3.39. The summed E-state index contributed by atoms with van der Waals surface area (Å²) in [5, 5.41) is 2.66. The molecule has 1 aromatic rings. The van der Waals surface area contributed by atoms with Gasteiger partial charge >= 0.3 is 6.36 Å². The zero-order valence-corrected chi connectivity index (χ0v) is 15.9. The van der Waals surface area contributed by atoms with Gasteiger partial charge < -0.3 is 20.5 Å². The Labute approximate surface area is 161 Å². The highest BCUT2D eigenvalue weighted by Gasteiger charge is 2.30. The number of nitrogens with zero attached hydrogens (tertiary/aromatic N) is 1. The molecule has 2 rings (SSSR count). The second kappa shape index (κ2) is 9.94. The molecular formula is C16H23F3N4O4S. The number of rotatable bonds is 8. The molecule has 1 aromatic carbocycles. The molecule has 0 bridgehead atoms. The Morgan fingerprint density at radius 3 is 2.61 bits per heavy atom. The second-order valence-corrected chi connectivity index (χ2v) is 8.05. The van der Waals surface area contributed by atoms with E-state index in [1.54, 1.807) is 0 Å². The van der Waals surface area contributed by atoms with Crippen molar-refractivity contribution in [1.29, 1.82) is 0 Å². The molecule has 4 N–H and O–H groups in total. The minimum atomic E-state index is -4.77. The van der Waals surface area contributed by atoms with E-state index in [0.29, 0.717) is 12.3 Å². The molecule has 1 saturated heterocycles. The number of anilines is 1. The minimum Gasteiger partial charge on any atom is -0.406 e. The Morgan fingerprint density at radius 2 is 2.00 bits per heavy atom. The standard InChI is InChI=1S/C16H23F3N4O4S/c17-16(18,19)27-13-6-4-12(5-7-13)23-15(20)21-8-10-28(24,25)22-11-14-3-1-2-9-26-14/h4-7,14,22H,1-3,8-11H2,(H3,20,21,23). The lowest BCUT2D eigenvalue weighted by Gasteiger charge is -2.22. The molecule has 28 heavy (non-hydrogen) atoms. The van der Waals surface area contributed by atoms with E-state index in [9.17, 15) is 21.6 Å². The van der Waals surface area contributed by atoms with Gasteiger partial charge in [0.05, 0.1) is 18.4 Å². The zero-order chi connectivity index (χ0) is 20.6. The average molecular weight is 424 g/mol. The monoisotopic (exact) mass is 424 g/mol. The SMILES string of the molecule is NC(=NCCS(=O)(=O)NCC1CCCCO1)Nc1ccc(OC(F)(F)F)cc1. The summed E-state index contributed by atoms with van der Waals surface area (Å²) in [6, 6.07) is 4.88. The lowest BCUT2D eigenvalue weighted by atomic mass is 10.1. The lowest BCUT2D eigenvalue weighted by molar-refractivity contribution is -0.274. The summed E-state index contributed by atoms with van der Waals surface area (Å²) < 4.78 is 72.0. The predicted octanol–water partition coefficient (Wildman–Crippen LogP) is 1.80. The van der Waals surface area contributed by atoms with Gasteiger partial charge in [0.15, 0.2) is 5.96 Å². The normalized spacial score (nSPS) is 18.7. The van der Waals surface area contributed by atoms with Gasteiger partial charge in [0.25, 0.3) is 0 Å². The highest BCUT2D eigenvalue weighted by molar-refractivity contribution is 7.89. The number of alkyl halides is 3. The summed E-state index contributed by atoms with van der Waals surface area (Å²) in [5.74, 6) is -0.677. The number of aliphatic imine (C=N–C) groups is 1. The van der Waals surface area contributed by atoms with Gasteiger partial charge in [-0.15, -0.1) is 13.2 Å². The van der Waals surface area contributed by atoms with Crippen LogP contribution in [0, 0.1) is 0 Å². The quantitative estimate of drug-likeness (QED) is 0.433. The van der Waals surface area contributed by atoms with Crippen LogP contribution in [0.1, 0.15) is 19.3 Å². The van der Waals surface area contributed by atoms with Crippen molar-refractivity contribution in [2.45, 2.75) is 31.7 Å². The van der Waals surface area contributed by atoms with E-state index in [1.165, 1.54) is 12.1 Å². The molecule has 158 valence electrons. The van der Waals surface area contributed by atoms with Crippen LogP contribution in [0.3, 0.4) is 0 Å². The maximum atomic E-state index is 12.1. The summed E-state index contributed by atoms with van der Waals surface area (Å²) >= 11 is 0. The van der Waals surface area contributed by atoms with E-state index in [0.717, 1.165) is 31.4 Å². The highest BCUT2D eigenvalue weighted by atomic mass is 32.2. The number of nitrogens with one attached hydrogen (secondary N) is 2. The van der Waals surface area contributed by atoms with E-state index >= 15 is 0 Å². The number of sulfonamides is 1. The zero-order valence-electron chi connectivity index (χ0n) is 15.0. The minimum absolute atomic E-state index is 0.0599. The number of benzene rings is 1. The molecule has 1 aliphatic heterocycles. The van der Waals surface area contributed by atoms with Crippen molar-refractivity contribution in [3.8, 4) is 5.75 Å². The molecule has 0 spiro atoms. The van der Waals surface area contributed by atoms with Crippen molar-refractivity contribution in [1.82, 2.24) is 4.72 Å². The molecule has 0 aliphatic carbocycles. The number of guanidine groups is 1. The Morgan fingerprint density at radius 1 is 1.29 bits per heavy atom. The van der Waals surface area contributed by atoms with Gasteiger partial charge in [-0.25, -0.2) is 13.1 Å². The maximum absolute atomic E-state index is 12.1. The summed E-state index contributed by atoms with van der Waals surface area (Å²) in [6.07, 6.45) is -2.05. The molecule has 0 radical (unpaired) electrons. The molecule has 1 heterocycles. The van der Waals surface area contributed by atoms with Gasteiger partial charge in [-0.2, -0.15) is 0 Å². The maximum Gasteiger partial charge on any atom is 0.573 e. The number of ether oxygens (including phenoxy) is 2. The van der Waals surface area contributed by atoms with Crippen molar-refractivity contribution in [2.75, 3.05) is 30.8 Å². The van der Waals surface area contributed by atoms with Gasteiger partial charge in [-0.05, 0) is 43.5 Å². The first-order valence-corrected chi connectivity index (χ1v) is 10.3. The third-order valence-corrected chi connectivity index (χ3v) is 5.13. The topological polar surface area (TPSA) is 115 Å². The van der Waals surface area contributed by atoms with Crippen LogP contribution in [-0.4, -0.2) is 52.3 Å². The number of halogens is 3. The average Bonchev–Trinajstić information content (AvgIpc) is 2.61. The third-order valence-electron chi connectivity index (χ3n) is 3.81. The molecule has 1 atom stereocenters. The predicted molar refractivity (Wildman–Crippen MR) is 98.6 cm³/mol. The van der Waals surface area contributed by atoms with Crippen LogP contribution in [0.2, 0.25) is 0 Å². The van der Waals surface area contributed by atoms with Gasteiger partial charge in [-0.3, -0.25) is 4.99 Å². The summed E-state index contributed by atoms with van der Waals surface area (Å²) in [7, 11) is -3.52. The van der Waals surface area contributed by atoms with E-state index in [2.05, 4.69) is 19.8 Å². The van der Waals surface area contributed by atoms with Gasteiger partial charge in [0.2, 0.25) is 10.0 Å². The molecule has 0 saturated carbocycles. The van der Waals surface area contributed by atoms with Crippen LogP contribution < -0.4 is 20.5 Å². The Hall–Kier alpha value is -2.05. The first-order valence-electron chi connectivity index (χ1n) is 8.65. The molecule has 0 aromatic heterocycles. The Kier molecular flexibility index (Phi) is 7.89. The molecule has 1 unspecified atom stereocenters. The molecule has 8 nitrogen and oxygen atoms in total. The Balaban J connectivity index is 1.75. The second-order valence-electron chi connectivity index (χ2n) is 6.12. The molecule has 0 amide bonds. The Bertz CT molecular complexity index is 748. The number of hydrogen-bond acceptors (Lipinski definition) is 5. The van der Waals surface area contributed by atoms with Crippen LogP contribution in [0.15, 0.2) is 29.3 Å². The first-order chi connectivity index (χ1) is 13.1. The van der Waals surface area contributed by atoms with Gasteiger partial charge in [-0.1, -0.05) is 0 Å². The molecule has 12 heteroatoms. The third kappa shape index (κ3) is 8.76. The van der Waals surface area contributed by atoms with Crippen molar-refractivity contribution in [2.24, 2.45) is 10.7 Å². The highest BCUT2D eigenvalue weighted by Crippen LogP contribution is 2.23. The van der Waals surface area contributed by atoms with Crippen LogP contribution in [0.4, 0.5) is 18.9 Å². The van der Waals surface area contributed by atoms with Crippen LogP contribution in [-0.2, 0) is 14.8 Å². The summed E-state index contributed by atoms with van der Waals surface area (Å²) in [6.45, 7) is 0.795. The van der Waals surface area contributed by atoms with Crippen LogP contribution >= 0.6 is 0 Å². The van der Waals surface area contributed by atoms with Crippen molar-refractivity contribution in [3.63, 3.8) is 0 Å². The molecule has 1 fully saturated rings. The van der Waals surface area contributed by atoms with Crippen LogP contribution in [0.25, 0.3) is 0 Å². The smallest absolute Gasteiger partial charge is 0.406 e. The molecule has 1 aliphatic rings. The van der Waals surface area contributed by atoms with Crippen molar-refractivity contribution in [3.05, 3.63) is 24.3 Å². The van der Waals surface area contributed by atoms with E-state index in [-0.39, 0.29) is 36.7 Å². The number of hydrogen-bond donors (Lipinski definition) is 3. The first kappa shape index (κ1) is 22.2.